The Morgan fingerprint density at radius 3 is 1.52 bits per heavy atom. The normalized spacial score (nSPS) is 14.7. The van der Waals surface area contributed by atoms with Crippen LogP contribution in [0.2, 0.25) is 0 Å². The van der Waals surface area contributed by atoms with Crippen molar-refractivity contribution < 1.29 is 26.8 Å². The van der Waals surface area contributed by atoms with Gasteiger partial charge in [0.1, 0.15) is 0 Å². The molecule has 0 radical (unpaired) electrons. The van der Waals surface area contributed by atoms with E-state index in [4.69, 9.17) is 5.63 Å². The van der Waals surface area contributed by atoms with E-state index in [2.05, 4.69) is 36.4 Å². The zero-order valence-electron chi connectivity index (χ0n) is 15.7. The van der Waals surface area contributed by atoms with Gasteiger partial charge in [0.05, 0.1) is 0 Å². The van der Waals surface area contributed by atoms with Crippen molar-refractivity contribution in [1.29, 1.82) is 10.5 Å². The number of rotatable bonds is 6. The van der Waals surface area contributed by atoms with E-state index < -0.39 is 21.1 Å². The summed E-state index contributed by atoms with van der Waals surface area (Å²) in [6, 6.07) is 18.9. The molecule has 2 aliphatic carbocycles. The fourth-order valence-corrected chi connectivity index (χ4v) is 11.7. The third-order valence-electron chi connectivity index (χ3n) is 4.91. The topological polar surface area (TPSA) is 66.0 Å². The summed E-state index contributed by atoms with van der Waals surface area (Å²) >= 11 is -4.21. The van der Waals surface area contributed by atoms with Crippen molar-refractivity contribution in [1.82, 2.24) is 0 Å². The minimum absolute atomic E-state index is 0.476. The maximum absolute atomic E-state index is 9.57. The standard InChI is InChI=1S/2C7H5NO.2C5H5.Zr/c2*8-5-6-3-1-2-4-7(6)9;2*1-2-4-5-3-1;/h2*1-4,9H;2*1-3H,4H2;/q;;;;+2/p-2. The van der Waals surface area contributed by atoms with Crippen LogP contribution < -0.4 is 5.63 Å². The first kappa shape index (κ1) is 19.2. The van der Waals surface area contributed by atoms with Gasteiger partial charge in [0, 0.05) is 0 Å². The Kier molecular flexibility index (Phi) is 5.61. The fourth-order valence-electron chi connectivity index (χ4n) is 3.48. The number of hydrogen-bond donors (Lipinski definition) is 0. The first-order chi connectivity index (χ1) is 14.3. The predicted octanol–water partition coefficient (Wildman–Crippen LogP) is 5.56. The number of nitriles is 2. The number of benzene rings is 2. The first-order valence-corrected chi connectivity index (χ1v) is 13.8. The zero-order valence-corrected chi connectivity index (χ0v) is 18.2. The molecule has 0 aromatic heterocycles. The predicted molar refractivity (Wildman–Crippen MR) is 107 cm³/mol. The average Bonchev–Trinajstić information content (AvgIpc) is 3.48. The second-order valence-corrected chi connectivity index (χ2v) is 13.9. The van der Waals surface area contributed by atoms with Gasteiger partial charge in [-0.1, -0.05) is 0 Å². The van der Waals surface area contributed by atoms with Crippen molar-refractivity contribution in [3.8, 4) is 23.6 Å². The van der Waals surface area contributed by atoms with Crippen LogP contribution in [-0.2, 0) is 21.1 Å². The van der Waals surface area contributed by atoms with Gasteiger partial charge < -0.3 is 0 Å². The molecule has 0 spiro atoms. The first-order valence-electron chi connectivity index (χ1n) is 9.35. The number of allylic oxidation sites excluding steroid dienone is 8. The van der Waals surface area contributed by atoms with E-state index in [1.807, 2.05) is 48.6 Å². The number of hydrogen-bond acceptors (Lipinski definition) is 4. The van der Waals surface area contributed by atoms with Crippen LogP contribution in [0.25, 0.3) is 0 Å². The van der Waals surface area contributed by atoms with Crippen LogP contribution >= 0.6 is 0 Å². The molecular weight excluding hydrogens is 440 g/mol. The van der Waals surface area contributed by atoms with Gasteiger partial charge in [-0.2, -0.15) is 0 Å². The molecule has 0 heterocycles. The Bertz CT molecular complexity index is 1050. The summed E-state index contributed by atoms with van der Waals surface area (Å²) in [5.41, 5.74) is 0.952. The van der Waals surface area contributed by atoms with E-state index in [0.717, 1.165) is 19.4 Å². The van der Waals surface area contributed by atoms with Crippen molar-refractivity contribution >= 4 is 0 Å². The van der Waals surface area contributed by atoms with Crippen LogP contribution in [0.15, 0.2) is 91.5 Å². The molecule has 4 rings (SSSR count). The maximum atomic E-state index is 9.57. The molecule has 0 N–H and O–H groups in total. The molecule has 0 saturated heterocycles. The quantitative estimate of drug-likeness (QED) is 0.570. The van der Waals surface area contributed by atoms with Crippen molar-refractivity contribution in [2.45, 2.75) is 12.8 Å². The molecule has 0 atom stereocenters. The van der Waals surface area contributed by atoms with Crippen LogP contribution in [0.5, 0.6) is 11.5 Å². The SMILES string of the molecule is N#Cc1ccccc1[O][Zr]([O]c1ccccc1C#N)([C]1=CC=CC1)[C]1=CC=CC1. The van der Waals surface area contributed by atoms with Gasteiger partial charge >= 0.3 is 176 Å². The van der Waals surface area contributed by atoms with Gasteiger partial charge in [0.2, 0.25) is 0 Å². The molecule has 0 fully saturated rings. The Hall–Kier alpha value is -3.14. The van der Waals surface area contributed by atoms with Gasteiger partial charge in [-0.3, -0.25) is 0 Å². The second kappa shape index (κ2) is 8.48. The molecule has 4 nitrogen and oxygen atoms in total. The van der Waals surface area contributed by atoms with Crippen LogP contribution in [0.4, 0.5) is 0 Å². The molecule has 0 unspecified atom stereocenters. The number of para-hydroxylation sites is 2. The molecule has 2 aromatic rings. The van der Waals surface area contributed by atoms with E-state index in [1.165, 1.54) is 0 Å². The third kappa shape index (κ3) is 3.75. The van der Waals surface area contributed by atoms with E-state index in [-0.39, 0.29) is 0 Å². The van der Waals surface area contributed by atoms with E-state index in [9.17, 15) is 10.5 Å². The number of nitrogens with zero attached hydrogens (tertiary/aromatic N) is 2. The van der Waals surface area contributed by atoms with Gasteiger partial charge in [0.15, 0.2) is 0 Å². The van der Waals surface area contributed by atoms with Crippen LogP contribution in [0.3, 0.4) is 0 Å². The fraction of sp³-hybridized carbons (Fsp3) is 0.0833. The Balaban J connectivity index is 1.87. The van der Waals surface area contributed by atoms with Crippen molar-refractivity contribution in [2.24, 2.45) is 0 Å². The molecule has 0 bridgehead atoms. The van der Waals surface area contributed by atoms with Crippen molar-refractivity contribution in [3.63, 3.8) is 0 Å². The van der Waals surface area contributed by atoms with E-state index >= 15 is 0 Å². The Morgan fingerprint density at radius 2 is 1.14 bits per heavy atom. The minimum atomic E-state index is -4.21. The van der Waals surface area contributed by atoms with E-state index in [1.54, 1.807) is 12.1 Å². The summed E-state index contributed by atoms with van der Waals surface area (Å²) in [5, 5.41) is 19.1. The molecule has 140 valence electrons. The molecule has 0 amide bonds. The summed E-state index contributed by atoms with van der Waals surface area (Å²) in [5.74, 6) is 1.06. The molecule has 29 heavy (non-hydrogen) atoms. The van der Waals surface area contributed by atoms with Crippen LogP contribution in [-0.4, -0.2) is 0 Å². The van der Waals surface area contributed by atoms with Gasteiger partial charge in [-0.25, -0.2) is 0 Å². The van der Waals surface area contributed by atoms with Crippen molar-refractivity contribution in [3.05, 3.63) is 103 Å². The zero-order chi connectivity index (χ0) is 20.1. The summed E-state index contributed by atoms with van der Waals surface area (Å²) in [7, 11) is 0. The molecule has 0 aliphatic heterocycles. The second-order valence-electron chi connectivity index (χ2n) is 6.68. The van der Waals surface area contributed by atoms with Gasteiger partial charge in [-0.05, 0) is 0 Å². The van der Waals surface area contributed by atoms with Crippen molar-refractivity contribution in [2.75, 3.05) is 0 Å². The molecule has 5 heteroatoms. The summed E-state index contributed by atoms with van der Waals surface area (Å²) in [6.45, 7) is 0. The summed E-state index contributed by atoms with van der Waals surface area (Å²) in [6.07, 6.45) is 13.8. The van der Waals surface area contributed by atoms with Crippen LogP contribution in [0, 0.1) is 22.7 Å². The summed E-state index contributed by atoms with van der Waals surface area (Å²) < 4.78 is 15.7. The van der Waals surface area contributed by atoms with Gasteiger partial charge in [0.25, 0.3) is 0 Å². The van der Waals surface area contributed by atoms with Gasteiger partial charge in [-0.15, -0.1) is 0 Å². The Labute approximate surface area is 176 Å². The molecule has 2 aliphatic rings. The van der Waals surface area contributed by atoms with E-state index in [0.29, 0.717) is 22.6 Å². The summed E-state index contributed by atoms with van der Waals surface area (Å²) in [4.78, 5) is 0. The Morgan fingerprint density at radius 1 is 0.690 bits per heavy atom. The average molecular weight is 458 g/mol. The monoisotopic (exact) mass is 456 g/mol. The molecular formula is C24H18N2O2Zr. The van der Waals surface area contributed by atoms with Crippen LogP contribution in [0.1, 0.15) is 24.0 Å². The third-order valence-corrected chi connectivity index (χ3v) is 13.4. The molecule has 2 aromatic carbocycles. The molecule has 0 saturated carbocycles.